The molecule has 0 amide bonds. The monoisotopic (exact) mass is 195 g/mol. The van der Waals surface area contributed by atoms with Crippen molar-refractivity contribution < 1.29 is 13.2 Å². The van der Waals surface area contributed by atoms with Gasteiger partial charge in [0.2, 0.25) is 10.0 Å². The third-order valence-electron chi connectivity index (χ3n) is 1.52. The van der Waals surface area contributed by atoms with Crippen molar-refractivity contribution in [1.82, 2.24) is 4.72 Å². The molecule has 4 nitrogen and oxygen atoms in total. The van der Waals surface area contributed by atoms with Gasteiger partial charge in [0, 0.05) is 19.8 Å². The lowest BCUT2D eigenvalue weighted by molar-refractivity contribution is 0.188. The Labute approximate surface area is 74.4 Å². The molecule has 12 heavy (non-hydrogen) atoms. The van der Waals surface area contributed by atoms with Gasteiger partial charge in [0.25, 0.3) is 0 Å². The van der Waals surface area contributed by atoms with Crippen molar-refractivity contribution in [2.75, 3.05) is 19.5 Å². The number of sulfonamides is 1. The molecule has 0 rings (SSSR count). The number of ether oxygens (including phenoxy) is 1. The van der Waals surface area contributed by atoms with Crippen LogP contribution >= 0.6 is 0 Å². The molecule has 0 fully saturated rings. The van der Waals surface area contributed by atoms with Crippen LogP contribution in [0.1, 0.15) is 20.3 Å². The van der Waals surface area contributed by atoms with E-state index in [0.717, 1.165) is 0 Å². The van der Waals surface area contributed by atoms with Crippen LogP contribution in [-0.2, 0) is 14.8 Å². The second kappa shape index (κ2) is 5.50. The summed E-state index contributed by atoms with van der Waals surface area (Å²) in [5, 5.41) is 0. The van der Waals surface area contributed by atoms with E-state index in [-0.39, 0.29) is 11.8 Å². The molecule has 1 N–H and O–H groups in total. The van der Waals surface area contributed by atoms with E-state index in [1.54, 1.807) is 14.0 Å². The van der Waals surface area contributed by atoms with Gasteiger partial charge in [-0.05, 0) is 20.3 Å². The maximum absolute atomic E-state index is 11.0. The first kappa shape index (κ1) is 11.9. The first-order chi connectivity index (χ1) is 5.52. The number of hydrogen-bond acceptors (Lipinski definition) is 3. The molecule has 0 saturated carbocycles. The number of hydrogen-bond donors (Lipinski definition) is 1. The minimum atomic E-state index is -3.05. The Morgan fingerprint density at radius 3 is 2.50 bits per heavy atom. The highest BCUT2D eigenvalue weighted by Crippen LogP contribution is 1.94. The average Bonchev–Trinajstić information content (AvgIpc) is 2.00. The smallest absolute Gasteiger partial charge is 0.211 e. The molecular formula is C7H17NO3S. The van der Waals surface area contributed by atoms with Crippen LogP contribution in [0.5, 0.6) is 0 Å². The molecule has 5 heteroatoms. The van der Waals surface area contributed by atoms with Gasteiger partial charge in [-0.2, -0.15) is 0 Å². The predicted molar refractivity (Wildman–Crippen MR) is 48.6 cm³/mol. The molecule has 0 aromatic carbocycles. The Morgan fingerprint density at radius 1 is 1.50 bits per heavy atom. The molecule has 0 saturated heterocycles. The van der Waals surface area contributed by atoms with Gasteiger partial charge in [0.15, 0.2) is 0 Å². The topological polar surface area (TPSA) is 55.4 Å². The van der Waals surface area contributed by atoms with Crippen molar-refractivity contribution >= 4 is 10.0 Å². The molecule has 74 valence electrons. The Kier molecular flexibility index (Phi) is 5.44. The van der Waals surface area contributed by atoms with Crippen LogP contribution < -0.4 is 4.72 Å². The summed E-state index contributed by atoms with van der Waals surface area (Å²) in [5.41, 5.74) is 0. The molecule has 0 bridgehead atoms. The van der Waals surface area contributed by atoms with Crippen LogP contribution in [0.4, 0.5) is 0 Å². The van der Waals surface area contributed by atoms with E-state index in [0.29, 0.717) is 13.0 Å². The first-order valence-electron chi connectivity index (χ1n) is 4.00. The normalized spacial score (nSPS) is 14.6. The summed E-state index contributed by atoms with van der Waals surface area (Å²) in [4.78, 5) is 0. The molecule has 0 heterocycles. The lowest BCUT2D eigenvalue weighted by Crippen LogP contribution is -2.34. The number of methoxy groups -OCH3 is 1. The molecule has 0 aromatic heterocycles. The Bertz CT molecular complexity index is 201. The number of rotatable bonds is 6. The van der Waals surface area contributed by atoms with Gasteiger partial charge in [-0.1, -0.05) is 0 Å². The zero-order chi connectivity index (χ0) is 9.61. The third-order valence-corrected chi connectivity index (χ3v) is 3.04. The molecule has 0 aromatic rings. The van der Waals surface area contributed by atoms with Gasteiger partial charge in [0.05, 0.1) is 5.75 Å². The lowest BCUT2D eigenvalue weighted by Gasteiger charge is -2.12. The minimum absolute atomic E-state index is 0.0464. The van der Waals surface area contributed by atoms with Crippen LogP contribution in [0.25, 0.3) is 0 Å². The van der Waals surface area contributed by atoms with E-state index in [4.69, 9.17) is 4.74 Å². The Balaban J connectivity index is 3.76. The standard InChI is InChI=1S/C7H17NO3S/c1-4-12(9,10)8-7(2)5-6-11-3/h7-8H,4-6H2,1-3H3. The van der Waals surface area contributed by atoms with Gasteiger partial charge < -0.3 is 4.74 Å². The van der Waals surface area contributed by atoms with E-state index in [1.807, 2.05) is 6.92 Å². The van der Waals surface area contributed by atoms with Crippen LogP contribution in [0.15, 0.2) is 0 Å². The maximum Gasteiger partial charge on any atom is 0.211 e. The summed E-state index contributed by atoms with van der Waals surface area (Å²) < 4.78 is 29.4. The van der Waals surface area contributed by atoms with Gasteiger partial charge in [0.1, 0.15) is 0 Å². The van der Waals surface area contributed by atoms with E-state index in [1.165, 1.54) is 0 Å². The highest BCUT2D eigenvalue weighted by Gasteiger charge is 2.10. The van der Waals surface area contributed by atoms with Crippen molar-refractivity contribution in [3.63, 3.8) is 0 Å². The fraction of sp³-hybridized carbons (Fsp3) is 1.00. The molecule has 0 aliphatic carbocycles. The van der Waals surface area contributed by atoms with Crippen molar-refractivity contribution in [1.29, 1.82) is 0 Å². The minimum Gasteiger partial charge on any atom is -0.385 e. The van der Waals surface area contributed by atoms with Crippen molar-refractivity contribution in [3.8, 4) is 0 Å². The summed E-state index contributed by atoms with van der Waals surface area (Å²) in [6.45, 7) is 4.02. The van der Waals surface area contributed by atoms with E-state index >= 15 is 0 Å². The summed E-state index contributed by atoms with van der Waals surface area (Å²) in [5.74, 6) is 0.129. The summed E-state index contributed by atoms with van der Waals surface area (Å²) in [6.07, 6.45) is 0.704. The number of nitrogens with one attached hydrogen (secondary N) is 1. The highest BCUT2D eigenvalue weighted by atomic mass is 32.2. The van der Waals surface area contributed by atoms with E-state index < -0.39 is 10.0 Å². The highest BCUT2D eigenvalue weighted by molar-refractivity contribution is 7.89. The molecule has 0 radical (unpaired) electrons. The second-order valence-electron chi connectivity index (χ2n) is 2.70. The van der Waals surface area contributed by atoms with Crippen LogP contribution in [0, 0.1) is 0 Å². The van der Waals surface area contributed by atoms with Crippen LogP contribution in [0.2, 0.25) is 0 Å². The van der Waals surface area contributed by atoms with Gasteiger partial charge in [-0.25, -0.2) is 13.1 Å². The zero-order valence-electron chi connectivity index (χ0n) is 7.83. The Hall–Kier alpha value is -0.130. The van der Waals surface area contributed by atoms with Gasteiger partial charge in [-0.3, -0.25) is 0 Å². The molecule has 1 unspecified atom stereocenters. The zero-order valence-corrected chi connectivity index (χ0v) is 8.65. The molecule has 0 spiro atoms. The fourth-order valence-electron chi connectivity index (χ4n) is 0.743. The van der Waals surface area contributed by atoms with Crippen LogP contribution in [0.3, 0.4) is 0 Å². The van der Waals surface area contributed by atoms with E-state index in [2.05, 4.69) is 4.72 Å². The van der Waals surface area contributed by atoms with Gasteiger partial charge in [-0.15, -0.1) is 0 Å². The van der Waals surface area contributed by atoms with Crippen molar-refractivity contribution in [2.45, 2.75) is 26.3 Å². The lowest BCUT2D eigenvalue weighted by atomic mass is 10.3. The average molecular weight is 195 g/mol. The summed E-state index contributed by atoms with van der Waals surface area (Å²) >= 11 is 0. The first-order valence-corrected chi connectivity index (χ1v) is 5.66. The Morgan fingerprint density at radius 2 is 2.08 bits per heavy atom. The molecular weight excluding hydrogens is 178 g/mol. The molecule has 1 atom stereocenters. The second-order valence-corrected chi connectivity index (χ2v) is 4.75. The third kappa shape index (κ3) is 5.51. The summed E-state index contributed by atoms with van der Waals surface area (Å²) in [7, 11) is -1.46. The summed E-state index contributed by atoms with van der Waals surface area (Å²) in [6, 6.07) is -0.0464. The predicted octanol–water partition coefficient (Wildman–Crippen LogP) is 0.351. The molecule has 0 aliphatic rings. The molecule has 0 aliphatic heterocycles. The quantitative estimate of drug-likeness (QED) is 0.665. The van der Waals surface area contributed by atoms with Crippen LogP contribution in [-0.4, -0.2) is 33.9 Å². The van der Waals surface area contributed by atoms with E-state index in [9.17, 15) is 8.42 Å². The SMILES string of the molecule is CCS(=O)(=O)NC(C)CCOC. The van der Waals surface area contributed by atoms with Crippen molar-refractivity contribution in [2.24, 2.45) is 0 Å². The fourth-order valence-corrected chi connectivity index (χ4v) is 1.64. The van der Waals surface area contributed by atoms with Gasteiger partial charge >= 0.3 is 0 Å². The maximum atomic E-state index is 11.0. The van der Waals surface area contributed by atoms with Crippen molar-refractivity contribution in [3.05, 3.63) is 0 Å². The largest absolute Gasteiger partial charge is 0.385 e.